The van der Waals surface area contributed by atoms with Gasteiger partial charge in [-0.3, -0.25) is 14.4 Å². The number of para-hydroxylation sites is 1. The standard InChI is InChI=1S/C20H19ClN4O4/c21-14-5-7-15(8-6-14)23-18(26)12-29-17-4-2-1-3-13(17)11-22-25-20(28)19(27)24-16-9-10-16/h1-8,11,16H,9-10,12H2,(H,23,26)(H,24,27)(H,25,28)/b22-11-. The molecule has 9 heteroatoms. The number of halogens is 1. The Morgan fingerprint density at radius 2 is 1.79 bits per heavy atom. The third-order valence-corrected chi connectivity index (χ3v) is 4.15. The maximum Gasteiger partial charge on any atom is 0.329 e. The van der Waals surface area contributed by atoms with Crippen molar-refractivity contribution in [1.82, 2.24) is 10.7 Å². The molecule has 1 fully saturated rings. The molecule has 3 N–H and O–H groups in total. The summed E-state index contributed by atoms with van der Waals surface area (Å²) in [4.78, 5) is 35.3. The lowest BCUT2D eigenvalue weighted by Crippen LogP contribution is -2.38. The molecule has 2 aromatic rings. The van der Waals surface area contributed by atoms with E-state index in [1.807, 2.05) is 0 Å². The van der Waals surface area contributed by atoms with Crippen LogP contribution in [-0.4, -0.2) is 36.6 Å². The lowest BCUT2D eigenvalue weighted by molar-refractivity contribution is -0.139. The number of ether oxygens (including phenoxy) is 1. The van der Waals surface area contributed by atoms with Crippen LogP contribution >= 0.6 is 11.6 Å². The molecule has 0 unspecified atom stereocenters. The topological polar surface area (TPSA) is 109 Å². The molecule has 2 aromatic carbocycles. The van der Waals surface area contributed by atoms with Crippen molar-refractivity contribution in [3.8, 4) is 5.75 Å². The Balaban J connectivity index is 1.51. The normalized spacial score (nSPS) is 13.0. The summed E-state index contributed by atoms with van der Waals surface area (Å²) in [7, 11) is 0. The van der Waals surface area contributed by atoms with Gasteiger partial charge >= 0.3 is 11.8 Å². The van der Waals surface area contributed by atoms with E-state index in [-0.39, 0.29) is 18.6 Å². The first-order valence-corrected chi connectivity index (χ1v) is 9.30. The first-order chi connectivity index (χ1) is 14.0. The van der Waals surface area contributed by atoms with E-state index in [4.69, 9.17) is 16.3 Å². The molecule has 0 aliphatic heterocycles. The van der Waals surface area contributed by atoms with Gasteiger partial charge in [0.15, 0.2) is 6.61 Å². The SMILES string of the molecule is O=C(COc1ccccc1/C=N\NC(=O)C(=O)NC1CC1)Nc1ccc(Cl)cc1. The molecule has 0 saturated heterocycles. The average Bonchev–Trinajstić information content (AvgIpc) is 3.53. The van der Waals surface area contributed by atoms with Crippen LogP contribution in [0.4, 0.5) is 5.69 Å². The summed E-state index contributed by atoms with van der Waals surface area (Å²) in [5, 5.41) is 9.61. The quantitative estimate of drug-likeness (QED) is 0.366. The smallest absolute Gasteiger partial charge is 0.329 e. The Labute approximate surface area is 172 Å². The minimum atomic E-state index is -0.839. The van der Waals surface area contributed by atoms with Crippen molar-refractivity contribution < 1.29 is 19.1 Å². The molecule has 1 aliphatic rings. The third-order valence-electron chi connectivity index (χ3n) is 3.89. The van der Waals surface area contributed by atoms with Gasteiger partial charge in [-0.05, 0) is 49.2 Å². The largest absolute Gasteiger partial charge is 0.483 e. The van der Waals surface area contributed by atoms with Crippen LogP contribution in [-0.2, 0) is 14.4 Å². The number of nitrogens with one attached hydrogen (secondary N) is 3. The zero-order valence-electron chi connectivity index (χ0n) is 15.4. The molecule has 3 amide bonds. The van der Waals surface area contributed by atoms with Crippen molar-refractivity contribution in [2.45, 2.75) is 18.9 Å². The molecule has 0 aromatic heterocycles. The molecular formula is C20H19ClN4O4. The monoisotopic (exact) mass is 414 g/mol. The Morgan fingerprint density at radius 1 is 1.07 bits per heavy atom. The van der Waals surface area contributed by atoms with Gasteiger partial charge in [0, 0.05) is 22.3 Å². The molecule has 0 bridgehead atoms. The van der Waals surface area contributed by atoms with E-state index in [9.17, 15) is 14.4 Å². The lowest BCUT2D eigenvalue weighted by Gasteiger charge is -2.09. The van der Waals surface area contributed by atoms with E-state index in [0.717, 1.165) is 12.8 Å². The maximum atomic E-state index is 12.0. The second kappa shape index (κ2) is 9.70. The van der Waals surface area contributed by atoms with Gasteiger partial charge in [0.05, 0.1) is 6.21 Å². The molecule has 29 heavy (non-hydrogen) atoms. The number of hydrazone groups is 1. The van der Waals surface area contributed by atoms with Gasteiger partial charge in [-0.2, -0.15) is 5.10 Å². The second-order valence-corrected chi connectivity index (χ2v) is 6.76. The van der Waals surface area contributed by atoms with Crippen molar-refractivity contribution in [3.63, 3.8) is 0 Å². The van der Waals surface area contributed by atoms with E-state index in [2.05, 4.69) is 21.2 Å². The number of nitrogens with zero attached hydrogens (tertiary/aromatic N) is 1. The number of amides is 3. The van der Waals surface area contributed by atoms with Crippen LogP contribution in [0.5, 0.6) is 5.75 Å². The first-order valence-electron chi connectivity index (χ1n) is 8.92. The van der Waals surface area contributed by atoms with Crippen LogP contribution < -0.4 is 20.8 Å². The van der Waals surface area contributed by atoms with Crippen LogP contribution in [0.3, 0.4) is 0 Å². The van der Waals surface area contributed by atoms with Crippen molar-refractivity contribution >= 4 is 41.2 Å². The predicted octanol–water partition coefficient (Wildman–Crippen LogP) is 2.09. The molecule has 8 nitrogen and oxygen atoms in total. The van der Waals surface area contributed by atoms with Gasteiger partial charge < -0.3 is 15.4 Å². The molecule has 1 aliphatic carbocycles. The Morgan fingerprint density at radius 3 is 2.52 bits per heavy atom. The van der Waals surface area contributed by atoms with Gasteiger partial charge in [-0.1, -0.05) is 23.7 Å². The highest BCUT2D eigenvalue weighted by atomic mass is 35.5. The Bertz CT molecular complexity index is 926. The fourth-order valence-corrected chi connectivity index (χ4v) is 2.41. The average molecular weight is 415 g/mol. The minimum Gasteiger partial charge on any atom is -0.483 e. The van der Waals surface area contributed by atoms with E-state index in [0.29, 0.717) is 22.0 Å². The summed E-state index contributed by atoms with van der Waals surface area (Å²) in [5.74, 6) is -1.50. The van der Waals surface area contributed by atoms with Gasteiger partial charge in [0.25, 0.3) is 5.91 Å². The van der Waals surface area contributed by atoms with Gasteiger partial charge in [-0.25, -0.2) is 5.43 Å². The summed E-state index contributed by atoms with van der Waals surface area (Å²) < 4.78 is 5.54. The summed E-state index contributed by atoms with van der Waals surface area (Å²) >= 11 is 5.81. The van der Waals surface area contributed by atoms with Crippen molar-refractivity contribution in [2.75, 3.05) is 11.9 Å². The van der Waals surface area contributed by atoms with E-state index in [1.165, 1.54) is 6.21 Å². The molecule has 3 rings (SSSR count). The predicted molar refractivity (Wildman–Crippen MR) is 109 cm³/mol. The molecule has 0 spiro atoms. The van der Waals surface area contributed by atoms with Crippen molar-refractivity contribution in [1.29, 1.82) is 0 Å². The number of hydrogen-bond donors (Lipinski definition) is 3. The summed E-state index contributed by atoms with van der Waals surface area (Å²) in [6.45, 7) is -0.219. The number of rotatable bonds is 7. The van der Waals surface area contributed by atoms with Gasteiger partial charge in [-0.15, -0.1) is 0 Å². The molecule has 1 saturated carbocycles. The van der Waals surface area contributed by atoms with Crippen LogP contribution in [0.25, 0.3) is 0 Å². The molecule has 0 heterocycles. The Hall–Kier alpha value is -3.39. The van der Waals surface area contributed by atoms with Gasteiger partial charge in [0.1, 0.15) is 5.75 Å². The highest BCUT2D eigenvalue weighted by molar-refractivity contribution is 6.35. The van der Waals surface area contributed by atoms with Crippen LogP contribution in [0.1, 0.15) is 18.4 Å². The summed E-state index contributed by atoms with van der Waals surface area (Å²) in [6.07, 6.45) is 3.12. The third kappa shape index (κ3) is 6.62. The first kappa shape index (κ1) is 20.3. The lowest BCUT2D eigenvalue weighted by atomic mass is 10.2. The number of carbonyl (C=O) groups excluding carboxylic acids is 3. The Kier molecular flexibility index (Phi) is 6.80. The van der Waals surface area contributed by atoms with Gasteiger partial charge in [0.2, 0.25) is 0 Å². The highest BCUT2D eigenvalue weighted by Gasteiger charge is 2.26. The van der Waals surface area contributed by atoms with E-state index >= 15 is 0 Å². The molecule has 150 valence electrons. The fraction of sp³-hybridized carbons (Fsp3) is 0.200. The zero-order chi connectivity index (χ0) is 20.6. The van der Waals surface area contributed by atoms with Crippen molar-refractivity contribution in [2.24, 2.45) is 5.10 Å². The van der Waals surface area contributed by atoms with Crippen LogP contribution in [0.2, 0.25) is 5.02 Å². The summed E-state index contributed by atoms with van der Waals surface area (Å²) in [6, 6.07) is 13.7. The molecule has 0 radical (unpaired) electrons. The zero-order valence-corrected chi connectivity index (χ0v) is 16.1. The maximum absolute atomic E-state index is 12.0. The molecule has 0 atom stereocenters. The van der Waals surface area contributed by atoms with Crippen LogP contribution in [0.15, 0.2) is 53.6 Å². The highest BCUT2D eigenvalue weighted by Crippen LogP contribution is 2.18. The minimum absolute atomic E-state index is 0.0883. The molecular weight excluding hydrogens is 396 g/mol. The summed E-state index contributed by atoms with van der Waals surface area (Å²) in [5.41, 5.74) is 3.30. The van der Waals surface area contributed by atoms with Crippen molar-refractivity contribution in [3.05, 3.63) is 59.1 Å². The number of benzene rings is 2. The van der Waals surface area contributed by atoms with E-state index in [1.54, 1.807) is 48.5 Å². The number of anilines is 1. The number of hydrogen-bond acceptors (Lipinski definition) is 5. The van der Waals surface area contributed by atoms with E-state index < -0.39 is 11.8 Å². The second-order valence-electron chi connectivity index (χ2n) is 6.33. The fourth-order valence-electron chi connectivity index (χ4n) is 2.28. The number of carbonyl (C=O) groups is 3. The van der Waals surface area contributed by atoms with Crippen LogP contribution in [0, 0.1) is 0 Å².